The zero-order valence-electron chi connectivity index (χ0n) is 9.48. The average Bonchev–Trinajstić information content (AvgIpc) is 2.79. The minimum Gasteiger partial charge on any atom is -0.455 e. The van der Waals surface area contributed by atoms with Crippen LogP contribution in [-0.4, -0.2) is 0 Å². The van der Waals surface area contributed by atoms with Crippen molar-refractivity contribution in [3.05, 3.63) is 58.2 Å². The molecule has 18 heavy (non-hydrogen) atoms. The summed E-state index contributed by atoms with van der Waals surface area (Å²) in [5.74, 6) is 0. The van der Waals surface area contributed by atoms with Crippen molar-refractivity contribution in [2.45, 2.75) is 0 Å². The number of hydrogen-bond donors (Lipinski definition) is 0. The van der Waals surface area contributed by atoms with E-state index in [-0.39, 0.29) is 0 Å². The third-order valence-electron chi connectivity index (χ3n) is 3.34. The maximum absolute atomic E-state index is 6.04. The van der Waals surface area contributed by atoms with Crippen molar-refractivity contribution >= 4 is 55.3 Å². The number of hydrogen-bond acceptors (Lipinski definition) is 1. The third-order valence-corrected chi connectivity index (χ3v) is 4.24. The van der Waals surface area contributed by atoms with Gasteiger partial charge >= 0.3 is 0 Å². The molecule has 0 bridgehead atoms. The van der Waals surface area contributed by atoms with Crippen LogP contribution in [0.2, 0.25) is 0 Å². The van der Waals surface area contributed by atoms with Gasteiger partial charge in [0.05, 0.1) is 0 Å². The molecule has 0 radical (unpaired) electrons. The van der Waals surface area contributed by atoms with Crippen LogP contribution in [0.25, 0.3) is 32.7 Å². The zero-order valence-corrected chi connectivity index (χ0v) is 11.6. The highest BCUT2D eigenvalue weighted by atomic mass is 127. The molecule has 3 aromatic carbocycles. The molecule has 4 rings (SSSR count). The number of benzene rings is 3. The Labute approximate surface area is 118 Å². The summed E-state index contributed by atoms with van der Waals surface area (Å²) in [7, 11) is 0. The summed E-state index contributed by atoms with van der Waals surface area (Å²) in [5, 5.41) is 4.83. The molecule has 0 saturated heterocycles. The molecule has 0 aliphatic rings. The van der Waals surface area contributed by atoms with Crippen molar-refractivity contribution in [3.8, 4) is 0 Å². The molecule has 0 aliphatic heterocycles. The Bertz CT molecular complexity index is 889. The molecular formula is C16H9IO. The highest BCUT2D eigenvalue weighted by molar-refractivity contribution is 14.1. The Kier molecular flexibility index (Phi) is 2.14. The van der Waals surface area contributed by atoms with Crippen LogP contribution in [0.1, 0.15) is 0 Å². The summed E-state index contributed by atoms with van der Waals surface area (Å²) in [6.07, 6.45) is 0. The molecule has 0 saturated carbocycles. The molecule has 0 N–H and O–H groups in total. The van der Waals surface area contributed by atoms with Gasteiger partial charge in [-0.15, -0.1) is 0 Å². The Balaban J connectivity index is 2.34. The van der Waals surface area contributed by atoms with Crippen molar-refractivity contribution in [2.24, 2.45) is 0 Å². The van der Waals surface area contributed by atoms with Crippen LogP contribution >= 0.6 is 22.6 Å². The highest BCUT2D eigenvalue weighted by Crippen LogP contribution is 2.35. The first-order valence-electron chi connectivity index (χ1n) is 5.83. The fourth-order valence-electron chi connectivity index (χ4n) is 2.51. The topological polar surface area (TPSA) is 13.1 Å². The van der Waals surface area contributed by atoms with Crippen molar-refractivity contribution in [1.29, 1.82) is 0 Å². The van der Waals surface area contributed by atoms with Gasteiger partial charge in [-0.1, -0.05) is 36.4 Å². The van der Waals surface area contributed by atoms with Crippen LogP contribution in [0, 0.1) is 3.57 Å². The van der Waals surface area contributed by atoms with Gasteiger partial charge in [-0.25, -0.2) is 0 Å². The van der Waals surface area contributed by atoms with E-state index in [4.69, 9.17) is 4.42 Å². The Morgan fingerprint density at radius 2 is 1.67 bits per heavy atom. The molecule has 0 spiro atoms. The number of fused-ring (bicyclic) bond motifs is 5. The van der Waals surface area contributed by atoms with Gasteiger partial charge in [0.1, 0.15) is 11.2 Å². The largest absolute Gasteiger partial charge is 0.455 e. The molecular weight excluding hydrogens is 335 g/mol. The lowest BCUT2D eigenvalue weighted by Crippen LogP contribution is -1.74. The summed E-state index contributed by atoms with van der Waals surface area (Å²) >= 11 is 2.37. The molecule has 1 nitrogen and oxygen atoms in total. The molecule has 2 heteroatoms. The lowest BCUT2D eigenvalue weighted by Gasteiger charge is -1.97. The van der Waals surface area contributed by atoms with Gasteiger partial charge in [0.15, 0.2) is 0 Å². The molecule has 0 atom stereocenters. The molecule has 1 heterocycles. The van der Waals surface area contributed by atoms with Crippen LogP contribution in [0.3, 0.4) is 0 Å². The van der Waals surface area contributed by atoms with E-state index >= 15 is 0 Å². The molecule has 1 aromatic heterocycles. The fraction of sp³-hybridized carbons (Fsp3) is 0. The third kappa shape index (κ3) is 1.32. The van der Waals surface area contributed by atoms with Crippen molar-refractivity contribution in [2.75, 3.05) is 0 Å². The van der Waals surface area contributed by atoms with E-state index in [9.17, 15) is 0 Å². The first-order chi connectivity index (χ1) is 8.84. The Morgan fingerprint density at radius 3 is 2.61 bits per heavy atom. The van der Waals surface area contributed by atoms with E-state index in [1.165, 1.54) is 25.1 Å². The lowest BCUT2D eigenvalue weighted by atomic mass is 10.1. The van der Waals surface area contributed by atoms with Gasteiger partial charge in [-0.3, -0.25) is 0 Å². The van der Waals surface area contributed by atoms with Crippen LogP contribution in [0.15, 0.2) is 59.0 Å². The first kappa shape index (κ1) is 10.4. The summed E-state index contributed by atoms with van der Waals surface area (Å²) in [4.78, 5) is 0. The Hall–Kier alpha value is -1.55. The summed E-state index contributed by atoms with van der Waals surface area (Å²) < 4.78 is 7.28. The SMILES string of the molecule is Ic1cccc2oc3c4ccccc4ccc3c12. The van der Waals surface area contributed by atoms with Crippen LogP contribution in [0.4, 0.5) is 0 Å². The maximum atomic E-state index is 6.04. The van der Waals surface area contributed by atoms with Crippen LogP contribution in [0.5, 0.6) is 0 Å². The second-order valence-electron chi connectivity index (χ2n) is 4.38. The summed E-state index contributed by atoms with van der Waals surface area (Å²) in [6.45, 7) is 0. The molecule has 0 unspecified atom stereocenters. The summed E-state index contributed by atoms with van der Waals surface area (Å²) in [5.41, 5.74) is 1.96. The first-order valence-corrected chi connectivity index (χ1v) is 6.91. The van der Waals surface area contributed by atoms with Gasteiger partial charge in [0.25, 0.3) is 0 Å². The maximum Gasteiger partial charge on any atom is 0.143 e. The van der Waals surface area contributed by atoms with E-state index in [1.807, 2.05) is 12.1 Å². The van der Waals surface area contributed by atoms with E-state index in [1.54, 1.807) is 0 Å². The van der Waals surface area contributed by atoms with Crippen LogP contribution in [-0.2, 0) is 0 Å². The molecule has 86 valence electrons. The van der Waals surface area contributed by atoms with Crippen molar-refractivity contribution < 1.29 is 4.42 Å². The van der Waals surface area contributed by atoms with E-state index in [0.717, 1.165) is 11.2 Å². The van der Waals surface area contributed by atoms with Crippen molar-refractivity contribution in [1.82, 2.24) is 0 Å². The standard InChI is InChI=1S/C16H9IO/c17-13-6-3-7-14-15(13)12-9-8-10-4-1-2-5-11(10)16(12)18-14/h1-9H. The zero-order chi connectivity index (χ0) is 12.1. The second-order valence-corrected chi connectivity index (χ2v) is 5.54. The normalized spacial score (nSPS) is 11.6. The van der Waals surface area contributed by atoms with Gasteiger partial charge in [-0.2, -0.15) is 0 Å². The molecule has 0 fully saturated rings. The molecule has 0 aliphatic carbocycles. The fourth-order valence-corrected chi connectivity index (χ4v) is 3.27. The second kappa shape index (κ2) is 3.72. The van der Waals surface area contributed by atoms with E-state index in [0.29, 0.717) is 0 Å². The number of rotatable bonds is 0. The quantitative estimate of drug-likeness (QED) is 0.392. The van der Waals surface area contributed by atoms with Crippen molar-refractivity contribution in [3.63, 3.8) is 0 Å². The van der Waals surface area contributed by atoms with Gasteiger partial charge < -0.3 is 4.42 Å². The minimum absolute atomic E-state index is 0.966. The highest BCUT2D eigenvalue weighted by Gasteiger charge is 2.11. The predicted octanol–water partition coefficient (Wildman–Crippen LogP) is 5.34. The van der Waals surface area contributed by atoms with Gasteiger partial charge in [0.2, 0.25) is 0 Å². The predicted molar refractivity (Wildman–Crippen MR) is 83.9 cm³/mol. The minimum atomic E-state index is 0.966. The molecule has 0 amide bonds. The van der Waals surface area contributed by atoms with Gasteiger partial charge in [-0.05, 0) is 46.2 Å². The number of furan rings is 1. The smallest absolute Gasteiger partial charge is 0.143 e. The molecule has 4 aromatic rings. The van der Waals surface area contributed by atoms with E-state index < -0.39 is 0 Å². The van der Waals surface area contributed by atoms with E-state index in [2.05, 4.69) is 65.1 Å². The average molecular weight is 344 g/mol. The Morgan fingerprint density at radius 1 is 0.778 bits per heavy atom. The monoisotopic (exact) mass is 344 g/mol. The lowest BCUT2D eigenvalue weighted by molar-refractivity contribution is 0.672. The summed E-state index contributed by atoms with van der Waals surface area (Å²) in [6, 6.07) is 18.9. The number of halogens is 1. The van der Waals surface area contributed by atoms with Crippen LogP contribution < -0.4 is 0 Å². The van der Waals surface area contributed by atoms with Gasteiger partial charge in [0, 0.05) is 19.7 Å².